The van der Waals surface area contributed by atoms with E-state index in [1.165, 1.54) is 24.3 Å². The Kier molecular flexibility index (Phi) is 5.11. The third-order valence-electron chi connectivity index (χ3n) is 5.62. The molecule has 2 aromatic rings. The molecule has 6 heteroatoms. The van der Waals surface area contributed by atoms with Gasteiger partial charge in [-0.1, -0.05) is 24.3 Å². The fraction of sp³-hybridized carbons (Fsp3) is 0.364. The molecule has 0 radical (unpaired) electrons. The van der Waals surface area contributed by atoms with Crippen LogP contribution in [0.5, 0.6) is 0 Å². The summed E-state index contributed by atoms with van der Waals surface area (Å²) >= 11 is 0. The summed E-state index contributed by atoms with van der Waals surface area (Å²) in [5.41, 5.74) is 1.18. The predicted molar refractivity (Wildman–Crippen MR) is 95.6 cm³/mol. The van der Waals surface area contributed by atoms with Crippen LogP contribution in [0, 0.1) is 35.3 Å². The molecule has 0 aromatic heterocycles. The number of carbonyl (C=O) groups is 2. The number of benzene rings is 2. The Morgan fingerprint density at radius 2 is 1.43 bits per heavy atom. The van der Waals surface area contributed by atoms with Crippen LogP contribution < -0.4 is 0 Å². The average molecular weight is 386 g/mol. The van der Waals surface area contributed by atoms with Crippen LogP contribution in [0.2, 0.25) is 0 Å². The highest BCUT2D eigenvalue weighted by Gasteiger charge is 2.64. The van der Waals surface area contributed by atoms with Crippen molar-refractivity contribution in [3.05, 3.63) is 71.3 Å². The zero-order valence-corrected chi connectivity index (χ0v) is 15.1. The molecule has 146 valence electrons. The van der Waals surface area contributed by atoms with Crippen molar-refractivity contribution in [2.75, 3.05) is 0 Å². The number of ether oxygens (including phenoxy) is 2. The summed E-state index contributed by atoms with van der Waals surface area (Å²) in [6.45, 7) is 0.0282. The number of esters is 2. The van der Waals surface area contributed by atoms with Crippen LogP contribution in [0.3, 0.4) is 0 Å². The fourth-order valence-electron chi connectivity index (χ4n) is 4.26. The van der Waals surface area contributed by atoms with Gasteiger partial charge in [0.2, 0.25) is 0 Å². The van der Waals surface area contributed by atoms with Gasteiger partial charge in [-0.25, -0.2) is 8.78 Å². The molecule has 2 fully saturated rings. The molecule has 0 heterocycles. The van der Waals surface area contributed by atoms with E-state index in [-0.39, 0.29) is 60.5 Å². The van der Waals surface area contributed by atoms with E-state index in [4.69, 9.17) is 9.47 Å². The van der Waals surface area contributed by atoms with Gasteiger partial charge in [-0.15, -0.1) is 0 Å². The lowest BCUT2D eigenvalue weighted by molar-refractivity contribution is -0.152. The maximum Gasteiger partial charge on any atom is 0.309 e. The smallest absolute Gasteiger partial charge is 0.309 e. The highest BCUT2D eigenvalue weighted by atomic mass is 19.1. The van der Waals surface area contributed by atoms with Gasteiger partial charge in [0.25, 0.3) is 0 Å². The molecule has 4 nitrogen and oxygen atoms in total. The minimum atomic E-state index is -0.377. The van der Waals surface area contributed by atoms with Gasteiger partial charge in [0.1, 0.15) is 24.8 Å². The third-order valence-corrected chi connectivity index (χ3v) is 5.62. The van der Waals surface area contributed by atoms with Gasteiger partial charge in [-0.05, 0) is 60.1 Å². The highest BCUT2D eigenvalue weighted by molar-refractivity contribution is 5.81. The highest BCUT2D eigenvalue weighted by Crippen LogP contribution is 2.61. The first kappa shape index (κ1) is 18.6. The second kappa shape index (κ2) is 7.70. The minimum Gasteiger partial charge on any atom is -0.461 e. The summed E-state index contributed by atoms with van der Waals surface area (Å²) in [4.78, 5) is 24.8. The van der Waals surface area contributed by atoms with Crippen molar-refractivity contribution >= 4 is 11.9 Å². The van der Waals surface area contributed by atoms with Gasteiger partial charge in [0, 0.05) is 0 Å². The van der Waals surface area contributed by atoms with Crippen LogP contribution in [-0.2, 0) is 32.3 Å². The quantitative estimate of drug-likeness (QED) is 0.704. The van der Waals surface area contributed by atoms with Crippen molar-refractivity contribution in [1.29, 1.82) is 0 Å². The Balaban J connectivity index is 1.28. The topological polar surface area (TPSA) is 52.6 Å². The zero-order valence-electron chi connectivity index (χ0n) is 15.1. The molecule has 0 bridgehead atoms. The molecule has 2 aromatic carbocycles. The molecule has 0 amide bonds. The Morgan fingerprint density at radius 3 is 2.00 bits per heavy atom. The van der Waals surface area contributed by atoms with E-state index in [0.717, 1.165) is 6.42 Å². The number of carbonyl (C=O) groups excluding carboxylic acids is 2. The van der Waals surface area contributed by atoms with E-state index in [1.807, 2.05) is 0 Å². The molecule has 4 unspecified atom stereocenters. The van der Waals surface area contributed by atoms with Crippen molar-refractivity contribution in [2.24, 2.45) is 23.7 Å². The molecule has 0 spiro atoms. The number of rotatable bonds is 6. The molecule has 28 heavy (non-hydrogen) atoms. The molecule has 2 aliphatic carbocycles. The third kappa shape index (κ3) is 3.91. The van der Waals surface area contributed by atoms with E-state index < -0.39 is 0 Å². The number of fused-ring (bicyclic) bond motifs is 1. The first-order chi connectivity index (χ1) is 13.5. The summed E-state index contributed by atoms with van der Waals surface area (Å²) in [6.07, 6.45) is 1.47. The second-order valence-corrected chi connectivity index (χ2v) is 7.43. The van der Waals surface area contributed by atoms with Crippen LogP contribution in [0.25, 0.3) is 0 Å². The summed E-state index contributed by atoms with van der Waals surface area (Å²) in [7, 11) is 0. The van der Waals surface area contributed by atoms with Crippen molar-refractivity contribution in [2.45, 2.75) is 26.1 Å². The standard InChI is InChI=1S/C22H20F2O4/c23-15-5-1-3-13(9-15)11-27-21(25)18-8-7-17-19(18)20(17)22(26)28-12-14-4-2-6-16(24)10-14/h1-6,9-10,17-20H,7-8,11-12H2. The average Bonchev–Trinajstić information content (AvgIpc) is 3.23. The molecule has 2 aliphatic rings. The summed E-state index contributed by atoms with van der Waals surface area (Å²) < 4.78 is 37.1. The van der Waals surface area contributed by atoms with Crippen molar-refractivity contribution in [1.82, 2.24) is 0 Å². The van der Waals surface area contributed by atoms with Gasteiger partial charge in [0.05, 0.1) is 11.8 Å². The lowest BCUT2D eigenvalue weighted by Gasteiger charge is -2.14. The maximum atomic E-state index is 13.2. The van der Waals surface area contributed by atoms with Crippen LogP contribution in [0.15, 0.2) is 48.5 Å². The van der Waals surface area contributed by atoms with Crippen molar-refractivity contribution in [3.8, 4) is 0 Å². The minimum absolute atomic E-state index is 0.0131. The number of hydrogen-bond donors (Lipinski definition) is 0. The number of hydrogen-bond acceptors (Lipinski definition) is 4. The van der Waals surface area contributed by atoms with Gasteiger partial charge in [-0.2, -0.15) is 0 Å². The lowest BCUT2D eigenvalue weighted by Crippen LogP contribution is -2.21. The van der Waals surface area contributed by atoms with E-state index in [2.05, 4.69) is 0 Å². The largest absolute Gasteiger partial charge is 0.461 e. The Hall–Kier alpha value is -2.76. The van der Waals surface area contributed by atoms with Gasteiger partial charge >= 0.3 is 11.9 Å². The van der Waals surface area contributed by atoms with E-state index >= 15 is 0 Å². The summed E-state index contributed by atoms with van der Waals surface area (Å²) in [6, 6.07) is 11.8. The first-order valence-corrected chi connectivity index (χ1v) is 9.35. The van der Waals surface area contributed by atoms with Crippen LogP contribution in [0.4, 0.5) is 8.78 Å². The Bertz CT molecular complexity index is 898. The Morgan fingerprint density at radius 1 is 0.857 bits per heavy atom. The number of halogens is 2. The monoisotopic (exact) mass is 386 g/mol. The fourth-order valence-corrected chi connectivity index (χ4v) is 4.26. The SMILES string of the molecule is O=C(OCc1cccc(F)c1)C1CCC2C(C(=O)OCc3cccc(F)c3)C12. The van der Waals surface area contributed by atoms with Gasteiger partial charge < -0.3 is 9.47 Å². The lowest BCUT2D eigenvalue weighted by atomic mass is 10.00. The van der Waals surface area contributed by atoms with E-state index in [9.17, 15) is 18.4 Å². The van der Waals surface area contributed by atoms with Gasteiger partial charge in [0.15, 0.2) is 0 Å². The van der Waals surface area contributed by atoms with Crippen LogP contribution in [-0.4, -0.2) is 11.9 Å². The first-order valence-electron chi connectivity index (χ1n) is 9.35. The molecule has 0 saturated heterocycles. The van der Waals surface area contributed by atoms with Crippen LogP contribution in [0.1, 0.15) is 24.0 Å². The zero-order chi connectivity index (χ0) is 19.7. The summed E-state index contributed by atoms with van der Waals surface area (Å²) in [5, 5.41) is 0. The van der Waals surface area contributed by atoms with Crippen molar-refractivity contribution in [3.63, 3.8) is 0 Å². The van der Waals surface area contributed by atoms with Gasteiger partial charge in [-0.3, -0.25) is 9.59 Å². The maximum absolute atomic E-state index is 13.2. The molecule has 0 N–H and O–H groups in total. The molecule has 2 saturated carbocycles. The second-order valence-electron chi connectivity index (χ2n) is 7.43. The van der Waals surface area contributed by atoms with Crippen LogP contribution >= 0.6 is 0 Å². The predicted octanol–water partition coefficient (Wildman–Crippen LogP) is 4.02. The van der Waals surface area contributed by atoms with E-state index in [0.29, 0.717) is 17.5 Å². The van der Waals surface area contributed by atoms with E-state index in [1.54, 1.807) is 24.3 Å². The molecule has 4 rings (SSSR count). The Labute approximate surface area is 161 Å². The molecular weight excluding hydrogens is 366 g/mol. The van der Waals surface area contributed by atoms with Crippen molar-refractivity contribution < 1.29 is 27.8 Å². The molecular formula is C22H20F2O4. The molecule has 4 atom stereocenters. The summed E-state index contributed by atoms with van der Waals surface area (Å²) in [5.74, 6) is -1.99. The molecule has 0 aliphatic heterocycles. The normalized spacial score (nSPS) is 25.1.